The fraction of sp³-hybridized carbons (Fsp3) is 0.263. The summed E-state index contributed by atoms with van der Waals surface area (Å²) in [6.07, 6.45) is 2.97. The van der Waals surface area contributed by atoms with Gasteiger partial charge < -0.3 is 9.30 Å². The van der Waals surface area contributed by atoms with Crippen LogP contribution in [0.1, 0.15) is 25.1 Å². The molecular weight excluding hydrogens is 286 g/mol. The SMILES string of the molecule is CC(=O)N1c2ccc(-c3cn4c(C)cccc4n3)cc2CC1C. The molecule has 1 atom stereocenters. The molecule has 1 aliphatic heterocycles. The summed E-state index contributed by atoms with van der Waals surface area (Å²) in [5, 5.41) is 0. The highest BCUT2D eigenvalue weighted by Crippen LogP contribution is 2.35. The van der Waals surface area contributed by atoms with E-state index in [4.69, 9.17) is 4.98 Å². The van der Waals surface area contributed by atoms with Crippen LogP contribution in [0.4, 0.5) is 5.69 Å². The van der Waals surface area contributed by atoms with Gasteiger partial charge in [0.1, 0.15) is 5.65 Å². The lowest BCUT2D eigenvalue weighted by atomic mass is 10.1. The maximum Gasteiger partial charge on any atom is 0.224 e. The number of hydrogen-bond donors (Lipinski definition) is 0. The Morgan fingerprint density at radius 2 is 2.09 bits per heavy atom. The number of hydrogen-bond acceptors (Lipinski definition) is 2. The summed E-state index contributed by atoms with van der Waals surface area (Å²) in [6.45, 7) is 5.80. The van der Waals surface area contributed by atoms with E-state index in [1.807, 2.05) is 23.1 Å². The number of fused-ring (bicyclic) bond motifs is 2. The molecule has 116 valence electrons. The third kappa shape index (κ3) is 2.13. The number of amides is 1. The number of pyridine rings is 1. The number of aromatic nitrogens is 2. The highest BCUT2D eigenvalue weighted by Gasteiger charge is 2.29. The van der Waals surface area contributed by atoms with Crippen molar-refractivity contribution in [2.24, 2.45) is 0 Å². The molecule has 0 bridgehead atoms. The van der Waals surface area contributed by atoms with Crippen molar-refractivity contribution in [1.29, 1.82) is 0 Å². The molecule has 23 heavy (non-hydrogen) atoms. The van der Waals surface area contributed by atoms with Crippen LogP contribution in [0.3, 0.4) is 0 Å². The molecule has 1 aromatic carbocycles. The molecule has 1 unspecified atom stereocenters. The van der Waals surface area contributed by atoms with Gasteiger partial charge in [-0.2, -0.15) is 0 Å². The first-order valence-corrected chi connectivity index (χ1v) is 7.92. The molecule has 0 fully saturated rings. The minimum Gasteiger partial charge on any atom is -0.309 e. The van der Waals surface area contributed by atoms with Gasteiger partial charge in [-0.25, -0.2) is 4.98 Å². The van der Waals surface area contributed by atoms with E-state index in [1.54, 1.807) is 6.92 Å². The molecule has 0 saturated heterocycles. The lowest BCUT2D eigenvalue weighted by Gasteiger charge is -2.20. The van der Waals surface area contributed by atoms with E-state index in [-0.39, 0.29) is 11.9 Å². The van der Waals surface area contributed by atoms with Gasteiger partial charge in [-0.05, 0) is 50.1 Å². The average Bonchev–Trinajstić information content (AvgIpc) is 3.07. The van der Waals surface area contributed by atoms with Crippen molar-refractivity contribution in [3.63, 3.8) is 0 Å². The van der Waals surface area contributed by atoms with Crippen molar-refractivity contribution in [2.75, 3.05) is 4.90 Å². The van der Waals surface area contributed by atoms with Crippen molar-refractivity contribution in [3.05, 3.63) is 53.9 Å². The van der Waals surface area contributed by atoms with Crippen molar-refractivity contribution < 1.29 is 4.79 Å². The van der Waals surface area contributed by atoms with Gasteiger partial charge in [-0.3, -0.25) is 4.79 Å². The van der Waals surface area contributed by atoms with Crippen LogP contribution in [-0.4, -0.2) is 21.3 Å². The number of aryl methyl sites for hydroxylation is 1. The summed E-state index contributed by atoms with van der Waals surface area (Å²) in [4.78, 5) is 18.4. The molecule has 1 aliphatic rings. The van der Waals surface area contributed by atoms with Crippen LogP contribution in [0, 0.1) is 6.92 Å². The van der Waals surface area contributed by atoms with E-state index in [1.165, 1.54) is 11.3 Å². The fourth-order valence-electron chi connectivity index (χ4n) is 3.56. The van der Waals surface area contributed by atoms with Gasteiger partial charge in [0.2, 0.25) is 5.91 Å². The maximum absolute atomic E-state index is 11.8. The largest absolute Gasteiger partial charge is 0.309 e. The molecule has 0 N–H and O–H groups in total. The molecule has 0 spiro atoms. The van der Waals surface area contributed by atoms with E-state index < -0.39 is 0 Å². The third-order valence-corrected chi connectivity index (χ3v) is 4.63. The smallest absolute Gasteiger partial charge is 0.224 e. The lowest BCUT2D eigenvalue weighted by molar-refractivity contribution is -0.116. The van der Waals surface area contributed by atoms with Gasteiger partial charge in [-0.15, -0.1) is 0 Å². The molecule has 0 aliphatic carbocycles. The second-order valence-corrected chi connectivity index (χ2v) is 6.31. The van der Waals surface area contributed by atoms with Crippen LogP contribution < -0.4 is 4.90 Å². The van der Waals surface area contributed by atoms with Crippen molar-refractivity contribution in [3.8, 4) is 11.3 Å². The Balaban J connectivity index is 1.80. The summed E-state index contributed by atoms with van der Waals surface area (Å²) in [5.41, 5.74) is 6.45. The number of nitrogens with zero attached hydrogens (tertiary/aromatic N) is 3. The molecule has 2 aromatic heterocycles. The number of rotatable bonds is 1. The molecule has 4 rings (SSSR count). The van der Waals surface area contributed by atoms with Crippen LogP contribution in [0.5, 0.6) is 0 Å². The Labute approximate surface area is 135 Å². The Hall–Kier alpha value is -2.62. The molecule has 3 heterocycles. The standard InChI is InChI=1S/C19H19N3O/c1-12-5-4-6-19-20-17(11-21(12)19)15-7-8-18-16(10-15)9-13(2)22(18)14(3)23/h4-8,10-11,13H,9H2,1-3H3. The Kier molecular flexibility index (Phi) is 3.01. The zero-order valence-corrected chi connectivity index (χ0v) is 13.6. The zero-order chi connectivity index (χ0) is 16.1. The van der Waals surface area contributed by atoms with Gasteiger partial charge in [0, 0.05) is 36.1 Å². The molecule has 0 radical (unpaired) electrons. The highest BCUT2D eigenvalue weighted by atomic mass is 16.2. The van der Waals surface area contributed by atoms with Crippen LogP contribution >= 0.6 is 0 Å². The topological polar surface area (TPSA) is 37.6 Å². The van der Waals surface area contributed by atoms with Gasteiger partial charge in [0.25, 0.3) is 0 Å². The van der Waals surface area contributed by atoms with Gasteiger partial charge in [-0.1, -0.05) is 12.1 Å². The van der Waals surface area contributed by atoms with Crippen LogP contribution in [0.25, 0.3) is 16.9 Å². The average molecular weight is 305 g/mol. The molecular formula is C19H19N3O. The van der Waals surface area contributed by atoms with Crippen LogP contribution in [0.2, 0.25) is 0 Å². The van der Waals surface area contributed by atoms with Crippen LogP contribution in [0.15, 0.2) is 42.6 Å². The first-order valence-electron chi connectivity index (χ1n) is 7.92. The summed E-state index contributed by atoms with van der Waals surface area (Å²) in [5.74, 6) is 0.104. The first kappa shape index (κ1) is 14.0. The highest BCUT2D eigenvalue weighted by molar-refractivity contribution is 5.95. The lowest BCUT2D eigenvalue weighted by Crippen LogP contribution is -2.33. The maximum atomic E-state index is 11.8. The predicted molar refractivity (Wildman–Crippen MR) is 91.7 cm³/mol. The third-order valence-electron chi connectivity index (χ3n) is 4.63. The summed E-state index contributed by atoms with van der Waals surface area (Å²) < 4.78 is 2.10. The Bertz CT molecular complexity index is 926. The van der Waals surface area contributed by atoms with Gasteiger partial charge >= 0.3 is 0 Å². The summed E-state index contributed by atoms with van der Waals surface area (Å²) in [6, 6.07) is 12.6. The van der Waals surface area contributed by atoms with E-state index in [2.05, 4.69) is 42.6 Å². The number of carbonyl (C=O) groups excluding carboxylic acids is 1. The quantitative estimate of drug-likeness (QED) is 0.689. The Morgan fingerprint density at radius 1 is 1.26 bits per heavy atom. The first-order chi connectivity index (χ1) is 11.0. The molecule has 1 amide bonds. The normalized spacial score (nSPS) is 16.8. The second kappa shape index (κ2) is 4.95. The number of benzene rings is 1. The van der Waals surface area contributed by atoms with E-state index in [9.17, 15) is 4.79 Å². The van der Waals surface area contributed by atoms with Crippen molar-refractivity contribution in [2.45, 2.75) is 33.2 Å². The second-order valence-electron chi connectivity index (χ2n) is 6.31. The van der Waals surface area contributed by atoms with Crippen molar-refractivity contribution in [1.82, 2.24) is 9.38 Å². The number of imidazole rings is 1. The number of carbonyl (C=O) groups is 1. The van der Waals surface area contributed by atoms with E-state index in [0.29, 0.717) is 0 Å². The number of anilines is 1. The molecule has 4 heteroatoms. The molecule has 4 nitrogen and oxygen atoms in total. The fourth-order valence-corrected chi connectivity index (χ4v) is 3.56. The monoisotopic (exact) mass is 305 g/mol. The predicted octanol–water partition coefficient (Wildman–Crippen LogP) is 3.61. The van der Waals surface area contributed by atoms with E-state index in [0.717, 1.165) is 29.0 Å². The minimum absolute atomic E-state index is 0.104. The molecule has 0 saturated carbocycles. The molecule has 3 aromatic rings. The zero-order valence-electron chi connectivity index (χ0n) is 13.6. The summed E-state index contributed by atoms with van der Waals surface area (Å²) in [7, 11) is 0. The summed E-state index contributed by atoms with van der Waals surface area (Å²) >= 11 is 0. The van der Waals surface area contributed by atoms with Gasteiger partial charge in [0.05, 0.1) is 5.69 Å². The van der Waals surface area contributed by atoms with Gasteiger partial charge in [0.15, 0.2) is 0 Å². The van der Waals surface area contributed by atoms with E-state index >= 15 is 0 Å². The minimum atomic E-state index is 0.104. The van der Waals surface area contributed by atoms with Crippen LogP contribution in [-0.2, 0) is 11.2 Å². The van der Waals surface area contributed by atoms with Crippen molar-refractivity contribution >= 4 is 17.2 Å². The Morgan fingerprint density at radius 3 is 2.83 bits per heavy atom.